The summed E-state index contributed by atoms with van der Waals surface area (Å²) >= 11 is 0. The summed E-state index contributed by atoms with van der Waals surface area (Å²) < 4.78 is 6.51. The van der Waals surface area contributed by atoms with Crippen molar-refractivity contribution in [1.29, 1.82) is 0 Å². The van der Waals surface area contributed by atoms with Crippen molar-refractivity contribution in [3.8, 4) is 0 Å². The first kappa shape index (κ1) is 15.9. The SMILES string of the molecule is CCC(C)n1cc([N+](=O)[O-])c(NC(=O)OC(C)(C)C)n1. The van der Waals surface area contributed by atoms with Gasteiger partial charge in [-0.2, -0.15) is 0 Å². The summed E-state index contributed by atoms with van der Waals surface area (Å²) in [5.41, 5.74) is -0.936. The highest BCUT2D eigenvalue weighted by Gasteiger charge is 2.25. The van der Waals surface area contributed by atoms with Gasteiger partial charge < -0.3 is 4.74 Å². The van der Waals surface area contributed by atoms with Gasteiger partial charge in [-0.25, -0.2) is 4.79 Å². The van der Waals surface area contributed by atoms with E-state index < -0.39 is 16.6 Å². The van der Waals surface area contributed by atoms with Crippen LogP contribution in [0.2, 0.25) is 0 Å². The first-order chi connectivity index (χ1) is 9.14. The number of hydrogen-bond acceptors (Lipinski definition) is 5. The Hall–Kier alpha value is -2.12. The van der Waals surface area contributed by atoms with E-state index in [0.717, 1.165) is 6.42 Å². The summed E-state index contributed by atoms with van der Waals surface area (Å²) in [6.07, 6.45) is 1.31. The van der Waals surface area contributed by atoms with Crippen LogP contribution in [0.4, 0.5) is 16.3 Å². The predicted octanol–water partition coefficient (Wildman–Crippen LogP) is 3.11. The van der Waals surface area contributed by atoms with Crippen molar-refractivity contribution in [2.75, 3.05) is 5.32 Å². The van der Waals surface area contributed by atoms with Crippen LogP contribution in [0.3, 0.4) is 0 Å². The Balaban J connectivity index is 2.96. The van der Waals surface area contributed by atoms with E-state index in [1.807, 2.05) is 13.8 Å². The van der Waals surface area contributed by atoms with Crippen molar-refractivity contribution in [2.45, 2.75) is 52.7 Å². The van der Waals surface area contributed by atoms with Gasteiger partial charge >= 0.3 is 11.8 Å². The molecule has 0 saturated carbocycles. The van der Waals surface area contributed by atoms with Gasteiger partial charge in [-0.05, 0) is 34.1 Å². The molecule has 0 saturated heterocycles. The average molecular weight is 284 g/mol. The minimum Gasteiger partial charge on any atom is -0.444 e. The third kappa shape index (κ3) is 4.22. The minimum absolute atomic E-state index is 0.00267. The van der Waals surface area contributed by atoms with E-state index in [2.05, 4.69) is 10.4 Å². The fourth-order valence-electron chi connectivity index (χ4n) is 1.42. The van der Waals surface area contributed by atoms with E-state index in [9.17, 15) is 14.9 Å². The summed E-state index contributed by atoms with van der Waals surface area (Å²) in [6, 6.07) is 0.00267. The zero-order valence-corrected chi connectivity index (χ0v) is 12.3. The molecular formula is C12H20N4O4. The molecule has 1 heterocycles. The van der Waals surface area contributed by atoms with E-state index in [1.165, 1.54) is 10.9 Å². The smallest absolute Gasteiger partial charge is 0.413 e. The molecular weight excluding hydrogens is 264 g/mol. The van der Waals surface area contributed by atoms with Crippen molar-refractivity contribution >= 4 is 17.6 Å². The monoisotopic (exact) mass is 284 g/mol. The number of carbonyl (C=O) groups is 1. The molecule has 8 heteroatoms. The highest BCUT2D eigenvalue weighted by Crippen LogP contribution is 2.25. The van der Waals surface area contributed by atoms with E-state index in [-0.39, 0.29) is 17.5 Å². The summed E-state index contributed by atoms with van der Waals surface area (Å²) in [5, 5.41) is 17.3. The zero-order chi connectivity index (χ0) is 15.5. The Labute approximate surface area is 117 Å². The van der Waals surface area contributed by atoms with Crippen LogP contribution >= 0.6 is 0 Å². The molecule has 1 aromatic heterocycles. The number of aromatic nitrogens is 2. The van der Waals surface area contributed by atoms with Crippen molar-refractivity contribution in [3.05, 3.63) is 16.3 Å². The Kier molecular flexibility index (Phi) is 4.69. The van der Waals surface area contributed by atoms with Gasteiger partial charge in [0.05, 0.1) is 4.92 Å². The van der Waals surface area contributed by atoms with Gasteiger partial charge in [0, 0.05) is 6.04 Å². The Morgan fingerprint density at radius 3 is 2.65 bits per heavy atom. The van der Waals surface area contributed by atoms with Crippen LogP contribution in [0.1, 0.15) is 47.1 Å². The topological polar surface area (TPSA) is 99.3 Å². The lowest BCUT2D eigenvalue weighted by atomic mass is 10.2. The molecule has 0 aliphatic carbocycles. The molecule has 1 aromatic rings. The molecule has 0 spiro atoms. The summed E-state index contributed by atoms with van der Waals surface area (Å²) in [6.45, 7) is 8.95. The maximum Gasteiger partial charge on any atom is 0.413 e. The molecule has 112 valence electrons. The first-order valence-electron chi connectivity index (χ1n) is 6.37. The molecule has 0 aromatic carbocycles. The molecule has 20 heavy (non-hydrogen) atoms. The number of nitrogens with one attached hydrogen (secondary N) is 1. The van der Waals surface area contributed by atoms with Crippen LogP contribution in [0, 0.1) is 10.1 Å². The van der Waals surface area contributed by atoms with Gasteiger partial charge in [-0.3, -0.25) is 20.1 Å². The number of hydrogen-bond donors (Lipinski definition) is 1. The molecule has 0 fully saturated rings. The number of carbonyl (C=O) groups excluding carboxylic acids is 1. The minimum atomic E-state index is -0.769. The van der Waals surface area contributed by atoms with Gasteiger partial charge in [0.2, 0.25) is 5.82 Å². The molecule has 1 N–H and O–H groups in total. The van der Waals surface area contributed by atoms with Gasteiger partial charge in [-0.1, -0.05) is 6.92 Å². The second kappa shape index (κ2) is 5.89. The maximum absolute atomic E-state index is 11.6. The summed E-state index contributed by atoms with van der Waals surface area (Å²) in [7, 11) is 0. The van der Waals surface area contributed by atoms with Crippen LogP contribution in [0.5, 0.6) is 0 Å². The van der Waals surface area contributed by atoms with Crippen molar-refractivity contribution in [3.63, 3.8) is 0 Å². The number of nitrogens with zero attached hydrogens (tertiary/aromatic N) is 3. The Morgan fingerprint density at radius 2 is 2.20 bits per heavy atom. The lowest BCUT2D eigenvalue weighted by Crippen LogP contribution is -2.27. The number of ether oxygens (including phenoxy) is 1. The molecule has 0 aliphatic heterocycles. The van der Waals surface area contributed by atoms with Crippen LogP contribution in [-0.2, 0) is 4.74 Å². The normalized spacial score (nSPS) is 12.8. The molecule has 1 amide bonds. The van der Waals surface area contributed by atoms with E-state index >= 15 is 0 Å². The fraction of sp³-hybridized carbons (Fsp3) is 0.667. The highest BCUT2D eigenvalue weighted by atomic mass is 16.6. The number of anilines is 1. The van der Waals surface area contributed by atoms with Crippen LogP contribution in [-0.4, -0.2) is 26.4 Å². The maximum atomic E-state index is 11.6. The Morgan fingerprint density at radius 1 is 1.60 bits per heavy atom. The van der Waals surface area contributed by atoms with Crippen LogP contribution < -0.4 is 5.32 Å². The van der Waals surface area contributed by atoms with E-state index in [1.54, 1.807) is 20.8 Å². The third-order valence-corrected chi connectivity index (χ3v) is 2.57. The molecule has 0 aliphatic rings. The second-order valence-corrected chi connectivity index (χ2v) is 5.48. The van der Waals surface area contributed by atoms with Gasteiger partial charge in [0.1, 0.15) is 11.8 Å². The standard InChI is InChI=1S/C12H20N4O4/c1-6-8(2)15-7-9(16(18)19)10(14-15)13-11(17)20-12(3,4)5/h7-8H,6H2,1-5H3,(H,13,14,17). The lowest BCUT2D eigenvalue weighted by Gasteiger charge is -2.18. The van der Waals surface area contributed by atoms with E-state index in [0.29, 0.717) is 0 Å². The zero-order valence-electron chi connectivity index (χ0n) is 12.3. The average Bonchev–Trinajstić information content (AvgIpc) is 2.69. The van der Waals surface area contributed by atoms with Crippen molar-refractivity contribution in [2.24, 2.45) is 0 Å². The van der Waals surface area contributed by atoms with Crippen LogP contribution in [0.25, 0.3) is 0 Å². The lowest BCUT2D eigenvalue weighted by molar-refractivity contribution is -0.384. The largest absolute Gasteiger partial charge is 0.444 e. The second-order valence-electron chi connectivity index (χ2n) is 5.48. The molecule has 1 unspecified atom stereocenters. The number of amides is 1. The molecule has 0 bridgehead atoms. The van der Waals surface area contributed by atoms with Gasteiger partial charge in [0.15, 0.2) is 0 Å². The third-order valence-electron chi connectivity index (χ3n) is 2.57. The fourth-order valence-corrected chi connectivity index (χ4v) is 1.42. The van der Waals surface area contributed by atoms with Gasteiger partial charge in [0.25, 0.3) is 0 Å². The van der Waals surface area contributed by atoms with Crippen molar-refractivity contribution < 1.29 is 14.5 Å². The van der Waals surface area contributed by atoms with Gasteiger partial charge in [-0.15, -0.1) is 5.10 Å². The summed E-state index contributed by atoms with van der Waals surface area (Å²) in [4.78, 5) is 22.0. The molecule has 1 atom stereocenters. The highest BCUT2D eigenvalue weighted by molar-refractivity contribution is 5.86. The van der Waals surface area contributed by atoms with Crippen molar-refractivity contribution in [1.82, 2.24) is 9.78 Å². The number of rotatable bonds is 4. The van der Waals surface area contributed by atoms with E-state index in [4.69, 9.17) is 4.74 Å². The molecule has 0 radical (unpaired) electrons. The Bertz CT molecular complexity index is 504. The first-order valence-corrected chi connectivity index (χ1v) is 6.37. The van der Waals surface area contributed by atoms with Crippen LogP contribution in [0.15, 0.2) is 6.20 Å². The molecule has 1 rings (SSSR count). The molecule has 8 nitrogen and oxygen atoms in total. The predicted molar refractivity (Wildman–Crippen MR) is 73.7 cm³/mol. The quantitative estimate of drug-likeness (QED) is 0.676. The number of nitro groups is 1. The summed E-state index contributed by atoms with van der Waals surface area (Å²) in [5.74, 6) is -0.107.